The first kappa shape index (κ1) is 63.1. The summed E-state index contributed by atoms with van der Waals surface area (Å²) in [6.07, 6.45) is -0.972. The van der Waals surface area contributed by atoms with E-state index in [2.05, 4.69) is 112 Å². The van der Waals surface area contributed by atoms with Crippen LogP contribution in [0.1, 0.15) is 190 Å². The van der Waals surface area contributed by atoms with Gasteiger partial charge in [-0.1, -0.05) is 188 Å². The summed E-state index contributed by atoms with van der Waals surface area (Å²) in [5, 5.41) is 0.699. The van der Waals surface area contributed by atoms with Crippen LogP contribution >= 0.6 is 11.6 Å². The molecule has 0 saturated carbocycles. The van der Waals surface area contributed by atoms with Crippen LogP contribution in [-0.2, 0) is 6.18 Å². The molecule has 3 heterocycles. The van der Waals surface area contributed by atoms with Gasteiger partial charge in [0.05, 0.1) is 10.7 Å². The summed E-state index contributed by atoms with van der Waals surface area (Å²) in [6.45, 7) is 30.4. The molecule has 3 aromatic carbocycles. The molecule has 0 fully saturated rings. The summed E-state index contributed by atoms with van der Waals surface area (Å²) in [5.74, 6) is 1.97. The number of aromatic nitrogens is 3. The van der Waals surface area contributed by atoms with Crippen molar-refractivity contribution in [2.45, 2.75) is 160 Å². The zero-order valence-electron chi connectivity index (χ0n) is 40.6. The van der Waals surface area contributed by atoms with E-state index in [-0.39, 0.29) is 44.2 Å². The molecule has 9 heteroatoms. The molecule has 0 atom stereocenters. The maximum atomic E-state index is 13.1. The molecule has 0 saturated heterocycles. The largest absolute Gasteiger partial charge is 0.433 e. The van der Waals surface area contributed by atoms with E-state index in [1.165, 1.54) is 28.8 Å². The number of aryl methyl sites for hydroxylation is 3. The molecular weight excluding hydrogens is 857 g/mol. The normalized spacial score (nSPS) is 10.5. The van der Waals surface area contributed by atoms with Crippen molar-refractivity contribution in [2.75, 3.05) is 0 Å². The van der Waals surface area contributed by atoms with Gasteiger partial charge in [-0.25, -0.2) is 13.8 Å². The Labute approximate surface area is 401 Å². The predicted molar refractivity (Wildman–Crippen MR) is 274 cm³/mol. The fourth-order valence-corrected chi connectivity index (χ4v) is 5.63. The van der Waals surface area contributed by atoms with Gasteiger partial charge in [0, 0.05) is 23.8 Å². The average molecular weight is 937 g/mol. The van der Waals surface area contributed by atoms with E-state index < -0.39 is 11.9 Å². The second-order valence-electron chi connectivity index (χ2n) is 17.5. The smallest absolute Gasteiger partial charge is 0.259 e. The van der Waals surface area contributed by atoms with Crippen molar-refractivity contribution in [3.63, 3.8) is 0 Å². The van der Waals surface area contributed by atoms with Crippen molar-refractivity contribution in [1.82, 2.24) is 15.0 Å². The van der Waals surface area contributed by atoms with Gasteiger partial charge in [0.25, 0.3) is 0 Å². The Morgan fingerprint density at radius 2 is 0.970 bits per heavy atom. The monoisotopic (exact) mass is 936 g/mol. The number of benzene rings is 3. The average Bonchev–Trinajstić information content (AvgIpc) is 3.22. The van der Waals surface area contributed by atoms with Gasteiger partial charge in [0.2, 0.25) is 0 Å². The summed E-state index contributed by atoms with van der Waals surface area (Å²) < 4.78 is 62.6. The quantitative estimate of drug-likeness (QED) is 0.156. The Kier molecular flexibility index (Phi) is 30.5. The molecule has 66 heavy (non-hydrogen) atoms. The second kappa shape index (κ2) is 31.9. The highest BCUT2D eigenvalue weighted by Gasteiger charge is 2.32. The van der Waals surface area contributed by atoms with Crippen molar-refractivity contribution in [3.05, 3.63) is 194 Å². The SMILES string of the molecule is C.C.CC(C)c1ccc(Cl)cn1.CC(C)c1cccc(C(F)(F)F)n1.CC(C)c1ccccc1.Cc1ccc(C(C)C)c(F)c1.Cc1ccc(C(C)C)cc1.Cc1cnc(C(C)C)c(F)c1. The fraction of sp³-hybridized carbons (Fsp3) is 0.421. The topological polar surface area (TPSA) is 38.7 Å². The third-order valence-electron chi connectivity index (χ3n) is 9.54. The zero-order valence-corrected chi connectivity index (χ0v) is 41.4. The van der Waals surface area contributed by atoms with E-state index in [0.29, 0.717) is 34.2 Å². The van der Waals surface area contributed by atoms with Crippen LogP contribution in [0.5, 0.6) is 0 Å². The first-order chi connectivity index (χ1) is 29.8. The predicted octanol–water partition coefficient (Wildman–Crippen LogP) is 19.2. The lowest BCUT2D eigenvalue weighted by Gasteiger charge is -2.09. The van der Waals surface area contributed by atoms with E-state index in [4.69, 9.17) is 11.6 Å². The summed E-state index contributed by atoms with van der Waals surface area (Å²) >= 11 is 5.65. The standard InChI is InChI=1S/C10H13F.C10H14.C9H10F3N.C9H12FN.C9H12.C8H10ClN.2CH4/c1-7(2)9-5-4-8(3)6-10(9)11;1-8(2)10-6-4-9(3)5-7-10;1-6(2)7-4-3-5-8(13-7)9(10,11)12;1-6(2)9-8(10)4-7(3)5-11-9;1-8(2)9-6-4-3-5-7-9;1-6(2)8-4-3-7(9)5-10-8;;/h4-7H,1-3H3;4-8H,1-3H3;3-6H,1-2H3;4-6H,1-3H3;3-8H,1-2H3;3-6H,1-2H3;2*1H4. The molecule has 0 aliphatic rings. The summed E-state index contributed by atoms with van der Waals surface area (Å²) in [5.41, 5.74) is 8.11. The molecule has 0 radical (unpaired) electrons. The van der Waals surface area contributed by atoms with E-state index in [9.17, 15) is 22.0 Å². The lowest BCUT2D eigenvalue weighted by molar-refractivity contribution is -0.141. The number of hydrogen-bond acceptors (Lipinski definition) is 3. The van der Waals surface area contributed by atoms with Crippen LogP contribution in [0.3, 0.4) is 0 Å². The molecule has 364 valence electrons. The van der Waals surface area contributed by atoms with Gasteiger partial charge in [-0.15, -0.1) is 0 Å². The fourth-order valence-electron chi connectivity index (χ4n) is 5.52. The number of pyridine rings is 3. The highest BCUT2D eigenvalue weighted by molar-refractivity contribution is 6.30. The van der Waals surface area contributed by atoms with Gasteiger partial charge in [-0.2, -0.15) is 13.2 Å². The first-order valence-electron chi connectivity index (χ1n) is 22.0. The van der Waals surface area contributed by atoms with E-state index in [1.54, 1.807) is 24.5 Å². The molecule has 3 aromatic heterocycles. The number of halogens is 6. The van der Waals surface area contributed by atoms with Crippen LogP contribution < -0.4 is 0 Å². The minimum absolute atomic E-state index is 0. The number of nitrogens with zero attached hydrogens (tertiary/aromatic N) is 3. The molecule has 0 aliphatic heterocycles. The lowest BCUT2D eigenvalue weighted by Crippen LogP contribution is -2.09. The molecule has 0 N–H and O–H groups in total. The third-order valence-corrected chi connectivity index (χ3v) is 9.76. The second-order valence-corrected chi connectivity index (χ2v) is 17.9. The highest BCUT2D eigenvalue weighted by atomic mass is 35.5. The number of hydrogen-bond donors (Lipinski definition) is 0. The van der Waals surface area contributed by atoms with Gasteiger partial charge < -0.3 is 0 Å². The number of alkyl halides is 3. The molecular formula is C57H79ClF5N3. The van der Waals surface area contributed by atoms with Gasteiger partial charge in [0.1, 0.15) is 17.3 Å². The summed E-state index contributed by atoms with van der Waals surface area (Å²) in [7, 11) is 0. The van der Waals surface area contributed by atoms with E-state index >= 15 is 0 Å². The van der Waals surface area contributed by atoms with Crippen molar-refractivity contribution in [3.8, 4) is 0 Å². The van der Waals surface area contributed by atoms with Crippen LogP contribution in [0, 0.1) is 32.4 Å². The molecule has 0 amide bonds. The minimum Gasteiger partial charge on any atom is -0.259 e. The first-order valence-corrected chi connectivity index (χ1v) is 22.4. The van der Waals surface area contributed by atoms with Crippen molar-refractivity contribution >= 4 is 11.6 Å². The zero-order chi connectivity index (χ0) is 48.7. The molecule has 6 aromatic rings. The lowest BCUT2D eigenvalue weighted by atomic mass is 10.0. The van der Waals surface area contributed by atoms with Gasteiger partial charge >= 0.3 is 6.18 Å². The molecule has 0 aliphatic carbocycles. The summed E-state index contributed by atoms with van der Waals surface area (Å²) in [6, 6.07) is 33.9. The molecule has 3 nitrogen and oxygen atoms in total. The van der Waals surface area contributed by atoms with E-state index in [1.807, 2.05) is 85.7 Å². The Bertz CT molecular complexity index is 2080. The Morgan fingerprint density at radius 1 is 0.455 bits per heavy atom. The molecule has 0 spiro atoms. The van der Waals surface area contributed by atoms with Crippen LogP contribution in [0.25, 0.3) is 0 Å². The summed E-state index contributed by atoms with van der Waals surface area (Å²) in [4.78, 5) is 11.7. The van der Waals surface area contributed by atoms with Crippen LogP contribution in [-0.4, -0.2) is 15.0 Å². The molecule has 6 rings (SSSR count). The number of rotatable bonds is 6. The van der Waals surface area contributed by atoms with Gasteiger partial charge in [-0.05, 0) is 120 Å². The maximum absolute atomic E-state index is 13.1. The molecule has 0 unspecified atom stereocenters. The van der Waals surface area contributed by atoms with Crippen LogP contribution in [0.15, 0.2) is 122 Å². The Hall–Kier alpha value is -4.95. The van der Waals surface area contributed by atoms with Crippen molar-refractivity contribution in [1.29, 1.82) is 0 Å². The van der Waals surface area contributed by atoms with E-state index in [0.717, 1.165) is 28.5 Å². The Morgan fingerprint density at radius 3 is 1.38 bits per heavy atom. The third kappa shape index (κ3) is 25.1. The minimum atomic E-state index is -4.34. The van der Waals surface area contributed by atoms with Crippen molar-refractivity contribution < 1.29 is 22.0 Å². The Balaban J connectivity index is 0. The van der Waals surface area contributed by atoms with Gasteiger partial charge in [0.15, 0.2) is 0 Å². The highest BCUT2D eigenvalue weighted by Crippen LogP contribution is 2.28. The van der Waals surface area contributed by atoms with Crippen LogP contribution in [0.4, 0.5) is 22.0 Å². The van der Waals surface area contributed by atoms with Crippen LogP contribution in [0.2, 0.25) is 5.02 Å². The van der Waals surface area contributed by atoms with Crippen molar-refractivity contribution in [2.24, 2.45) is 0 Å². The molecule has 0 bridgehead atoms. The maximum Gasteiger partial charge on any atom is 0.433 e. The van der Waals surface area contributed by atoms with Gasteiger partial charge in [-0.3, -0.25) is 9.97 Å².